The monoisotopic (exact) mass is 284 g/mol. The van der Waals surface area contributed by atoms with Gasteiger partial charge in [-0.15, -0.1) is 23.7 Å². The van der Waals surface area contributed by atoms with Crippen molar-refractivity contribution in [2.24, 2.45) is 0 Å². The molecule has 0 saturated heterocycles. The molecule has 1 amide bonds. The second-order valence-electron chi connectivity index (χ2n) is 3.89. The van der Waals surface area contributed by atoms with Gasteiger partial charge in [0.2, 0.25) is 5.91 Å². The van der Waals surface area contributed by atoms with Crippen LogP contribution < -0.4 is 10.6 Å². The molecule has 2 N–H and O–H groups in total. The van der Waals surface area contributed by atoms with E-state index < -0.39 is 0 Å². The molecule has 0 atom stereocenters. The molecule has 5 heteroatoms. The predicted octanol–water partition coefficient (Wildman–Crippen LogP) is 2.55. The van der Waals surface area contributed by atoms with E-state index in [2.05, 4.69) is 28.1 Å². The van der Waals surface area contributed by atoms with Crippen LogP contribution in [0.25, 0.3) is 10.1 Å². The SMILES string of the molecule is CNCCC(=O)NCc1csc2ccccc12.Cl. The standard InChI is InChI=1S/C13H16N2OS.ClH/c1-14-7-6-13(16)15-8-10-9-17-12-5-3-2-4-11(10)12;/h2-5,9,14H,6-8H2,1H3,(H,15,16);1H. The molecule has 0 bridgehead atoms. The van der Waals surface area contributed by atoms with E-state index in [1.807, 2.05) is 19.2 Å². The highest BCUT2D eigenvalue weighted by atomic mass is 35.5. The zero-order valence-corrected chi connectivity index (χ0v) is 11.9. The highest BCUT2D eigenvalue weighted by Gasteiger charge is 2.05. The summed E-state index contributed by atoms with van der Waals surface area (Å²) < 4.78 is 1.27. The van der Waals surface area contributed by atoms with Gasteiger partial charge in [0, 0.05) is 24.2 Å². The van der Waals surface area contributed by atoms with Crippen LogP contribution in [0, 0.1) is 0 Å². The van der Waals surface area contributed by atoms with Crippen molar-refractivity contribution < 1.29 is 4.79 Å². The molecule has 1 heterocycles. The van der Waals surface area contributed by atoms with Gasteiger partial charge in [0.25, 0.3) is 0 Å². The zero-order chi connectivity index (χ0) is 12.1. The molecule has 0 aliphatic rings. The molecule has 0 spiro atoms. The first kappa shape index (κ1) is 15.0. The van der Waals surface area contributed by atoms with Crippen LogP contribution in [0.4, 0.5) is 0 Å². The summed E-state index contributed by atoms with van der Waals surface area (Å²) in [7, 11) is 1.85. The molecule has 0 saturated carbocycles. The van der Waals surface area contributed by atoms with E-state index in [-0.39, 0.29) is 18.3 Å². The lowest BCUT2D eigenvalue weighted by molar-refractivity contribution is -0.121. The van der Waals surface area contributed by atoms with Crippen molar-refractivity contribution in [2.45, 2.75) is 13.0 Å². The van der Waals surface area contributed by atoms with E-state index in [9.17, 15) is 4.79 Å². The maximum Gasteiger partial charge on any atom is 0.221 e. The van der Waals surface area contributed by atoms with Crippen molar-refractivity contribution in [2.75, 3.05) is 13.6 Å². The number of thiophene rings is 1. The number of carbonyl (C=O) groups excluding carboxylic acids is 1. The van der Waals surface area contributed by atoms with Crippen LogP contribution in [0.2, 0.25) is 0 Å². The van der Waals surface area contributed by atoms with Crippen molar-refractivity contribution in [1.82, 2.24) is 10.6 Å². The Bertz CT molecular complexity index is 512. The van der Waals surface area contributed by atoms with Crippen molar-refractivity contribution in [1.29, 1.82) is 0 Å². The van der Waals surface area contributed by atoms with Gasteiger partial charge >= 0.3 is 0 Å². The van der Waals surface area contributed by atoms with Gasteiger partial charge in [0.1, 0.15) is 0 Å². The van der Waals surface area contributed by atoms with Crippen LogP contribution in [-0.4, -0.2) is 19.5 Å². The normalized spacial score (nSPS) is 10.1. The van der Waals surface area contributed by atoms with Gasteiger partial charge in [-0.05, 0) is 29.4 Å². The van der Waals surface area contributed by atoms with Gasteiger partial charge in [0.15, 0.2) is 0 Å². The van der Waals surface area contributed by atoms with E-state index >= 15 is 0 Å². The highest BCUT2D eigenvalue weighted by Crippen LogP contribution is 2.25. The summed E-state index contributed by atoms with van der Waals surface area (Å²) in [5.41, 5.74) is 1.20. The van der Waals surface area contributed by atoms with Gasteiger partial charge in [-0.3, -0.25) is 4.79 Å². The van der Waals surface area contributed by atoms with E-state index in [1.54, 1.807) is 11.3 Å². The fraction of sp³-hybridized carbons (Fsp3) is 0.308. The Morgan fingerprint density at radius 1 is 1.33 bits per heavy atom. The zero-order valence-electron chi connectivity index (χ0n) is 10.2. The third kappa shape index (κ3) is 3.70. The maximum absolute atomic E-state index is 11.5. The Balaban J connectivity index is 0.00000162. The third-order valence-corrected chi connectivity index (χ3v) is 3.65. The van der Waals surface area contributed by atoms with E-state index in [4.69, 9.17) is 0 Å². The first-order valence-corrected chi connectivity index (χ1v) is 6.55. The molecule has 1 aromatic carbocycles. The summed E-state index contributed by atoms with van der Waals surface area (Å²) in [5, 5.41) is 9.26. The van der Waals surface area contributed by atoms with E-state index in [0.29, 0.717) is 13.0 Å². The summed E-state index contributed by atoms with van der Waals surface area (Å²) in [6.45, 7) is 1.34. The Morgan fingerprint density at radius 3 is 2.89 bits per heavy atom. The Labute approximate surface area is 117 Å². The number of halogens is 1. The lowest BCUT2D eigenvalue weighted by atomic mass is 10.2. The minimum absolute atomic E-state index is 0. The minimum Gasteiger partial charge on any atom is -0.352 e. The summed E-state index contributed by atoms with van der Waals surface area (Å²) >= 11 is 1.72. The highest BCUT2D eigenvalue weighted by molar-refractivity contribution is 7.17. The lowest BCUT2D eigenvalue weighted by Crippen LogP contribution is -2.25. The molecular formula is C13H17ClN2OS. The number of hydrogen-bond donors (Lipinski definition) is 2. The van der Waals surface area contributed by atoms with Crippen LogP contribution in [0.3, 0.4) is 0 Å². The number of benzene rings is 1. The summed E-state index contributed by atoms with van der Waals surface area (Å²) in [5.74, 6) is 0.0923. The van der Waals surface area contributed by atoms with E-state index in [1.165, 1.54) is 15.6 Å². The average molecular weight is 285 g/mol. The second kappa shape index (κ2) is 7.36. The smallest absolute Gasteiger partial charge is 0.221 e. The third-order valence-electron chi connectivity index (χ3n) is 2.64. The predicted molar refractivity (Wildman–Crippen MR) is 79.5 cm³/mol. The largest absolute Gasteiger partial charge is 0.352 e. The molecule has 1 aromatic heterocycles. The number of carbonyl (C=O) groups is 1. The van der Waals surface area contributed by atoms with Crippen LogP contribution in [0.1, 0.15) is 12.0 Å². The molecule has 2 rings (SSSR count). The maximum atomic E-state index is 11.5. The van der Waals surface area contributed by atoms with Crippen molar-refractivity contribution in [3.8, 4) is 0 Å². The molecule has 18 heavy (non-hydrogen) atoms. The van der Waals surface area contributed by atoms with Gasteiger partial charge in [-0.2, -0.15) is 0 Å². The molecular weight excluding hydrogens is 268 g/mol. The van der Waals surface area contributed by atoms with Crippen molar-refractivity contribution in [3.63, 3.8) is 0 Å². The first-order valence-electron chi connectivity index (χ1n) is 5.67. The van der Waals surface area contributed by atoms with Crippen LogP contribution in [-0.2, 0) is 11.3 Å². The van der Waals surface area contributed by atoms with Gasteiger partial charge in [-0.25, -0.2) is 0 Å². The molecule has 2 aromatic rings. The average Bonchev–Trinajstić information content (AvgIpc) is 2.77. The molecule has 0 radical (unpaired) electrons. The first-order chi connectivity index (χ1) is 8.31. The Morgan fingerprint density at radius 2 is 2.11 bits per heavy atom. The molecule has 0 fully saturated rings. The molecule has 3 nitrogen and oxygen atoms in total. The van der Waals surface area contributed by atoms with Crippen LogP contribution in [0.5, 0.6) is 0 Å². The number of fused-ring (bicyclic) bond motifs is 1. The Kier molecular flexibility index (Phi) is 6.12. The van der Waals surface area contributed by atoms with Gasteiger partial charge < -0.3 is 10.6 Å². The van der Waals surface area contributed by atoms with Crippen LogP contribution in [0.15, 0.2) is 29.6 Å². The summed E-state index contributed by atoms with van der Waals surface area (Å²) in [6, 6.07) is 8.27. The van der Waals surface area contributed by atoms with E-state index in [0.717, 1.165) is 6.54 Å². The number of rotatable bonds is 5. The summed E-state index contributed by atoms with van der Waals surface area (Å²) in [4.78, 5) is 11.5. The molecule has 0 unspecified atom stereocenters. The number of nitrogens with one attached hydrogen (secondary N) is 2. The molecule has 98 valence electrons. The molecule has 0 aliphatic carbocycles. The van der Waals surface area contributed by atoms with Gasteiger partial charge in [0.05, 0.1) is 0 Å². The summed E-state index contributed by atoms with van der Waals surface area (Å²) in [6.07, 6.45) is 0.526. The van der Waals surface area contributed by atoms with Crippen LogP contribution >= 0.6 is 23.7 Å². The quantitative estimate of drug-likeness (QED) is 0.886. The fourth-order valence-corrected chi connectivity index (χ4v) is 2.65. The molecule has 0 aliphatic heterocycles. The second-order valence-corrected chi connectivity index (χ2v) is 4.80. The van der Waals surface area contributed by atoms with Gasteiger partial charge in [-0.1, -0.05) is 18.2 Å². The van der Waals surface area contributed by atoms with Crippen molar-refractivity contribution >= 4 is 39.7 Å². The number of amides is 1. The van der Waals surface area contributed by atoms with Crippen molar-refractivity contribution in [3.05, 3.63) is 35.2 Å². The topological polar surface area (TPSA) is 41.1 Å². The lowest BCUT2D eigenvalue weighted by Gasteiger charge is -2.04. The number of hydrogen-bond acceptors (Lipinski definition) is 3. The minimum atomic E-state index is 0. The fourth-order valence-electron chi connectivity index (χ4n) is 1.69. The Hall–Kier alpha value is -1.10.